The van der Waals surface area contributed by atoms with Gasteiger partial charge in [-0.1, -0.05) is 26.8 Å². The maximum Gasteiger partial charge on any atom is 0.111 e. The summed E-state index contributed by atoms with van der Waals surface area (Å²) < 4.78 is 0. The van der Waals surface area contributed by atoms with E-state index in [1.807, 2.05) is 12.2 Å². The lowest BCUT2D eigenvalue weighted by molar-refractivity contribution is -0.138. The SMILES string of the molecule is C[C@@H]1CC2C3C(O)C[C@H]4C=C(O)C=C[C@]4(C)C3CC[C@]2(C)[C@H]1O. The summed E-state index contributed by atoms with van der Waals surface area (Å²) in [6.45, 7) is 6.70. The van der Waals surface area contributed by atoms with Crippen LogP contribution in [0.25, 0.3) is 0 Å². The van der Waals surface area contributed by atoms with Gasteiger partial charge in [0.15, 0.2) is 0 Å². The van der Waals surface area contributed by atoms with E-state index in [1.54, 1.807) is 0 Å². The Morgan fingerprint density at radius 1 is 1.13 bits per heavy atom. The van der Waals surface area contributed by atoms with Gasteiger partial charge in [0.05, 0.1) is 12.2 Å². The van der Waals surface area contributed by atoms with E-state index in [9.17, 15) is 15.3 Å². The Labute approximate surface area is 139 Å². The van der Waals surface area contributed by atoms with E-state index < -0.39 is 0 Å². The second kappa shape index (κ2) is 4.86. The monoisotopic (exact) mass is 318 g/mol. The van der Waals surface area contributed by atoms with Crippen molar-refractivity contribution in [3.05, 3.63) is 24.0 Å². The molecular formula is C20H30O3. The van der Waals surface area contributed by atoms with E-state index in [4.69, 9.17) is 0 Å². The van der Waals surface area contributed by atoms with E-state index in [0.717, 1.165) is 25.7 Å². The van der Waals surface area contributed by atoms with Crippen LogP contribution in [0.5, 0.6) is 0 Å². The second-order valence-electron chi connectivity index (χ2n) is 9.19. The van der Waals surface area contributed by atoms with E-state index in [2.05, 4.69) is 26.8 Å². The van der Waals surface area contributed by atoms with Crippen LogP contribution in [0.2, 0.25) is 0 Å². The third-order valence-corrected chi connectivity index (χ3v) is 8.13. The quantitative estimate of drug-likeness (QED) is 0.641. The molecule has 3 N–H and O–H groups in total. The zero-order valence-electron chi connectivity index (χ0n) is 14.4. The fourth-order valence-electron chi connectivity index (χ4n) is 6.77. The predicted octanol–water partition coefficient (Wildman–Crippen LogP) is 3.43. The standard InChI is InChI=1S/C20H30O3/c1-11-8-15-17-14(5-7-20(15,3)18(11)23)19(2)6-4-13(21)9-12(19)10-16(17)22/h4,6,9,11-12,14-18,21-23H,5,7-8,10H2,1-3H3/t11-,12-,14?,15?,16?,17?,18+,19+,20+/m1/s1. The number of aliphatic hydroxyl groups excluding tert-OH is 3. The molecule has 4 aliphatic carbocycles. The number of aliphatic hydroxyl groups is 3. The molecule has 0 aromatic heterocycles. The van der Waals surface area contributed by atoms with Gasteiger partial charge in [-0.05, 0) is 78.3 Å². The maximum atomic E-state index is 11.0. The normalized spacial score (nSPS) is 58.1. The van der Waals surface area contributed by atoms with Gasteiger partial charge in [-0.3, -0.25) is 0 Å². The zero-order chi connectivity index (χ0) is 16.6. The van der Waals surface area contributed by atoms with Crippen LogP contribution in [-0.2, 0) is 0 Å². The van der Waals surface area contributed by atoms with Crippen LogP contribution in [0.4, 0.5) is 0 Å². The number of hydrogen-bond acceptors (Lipinski definition) is 3. The van der Waals surface area contributed by atoms with Crippen LogP contribution in [0.3, 0.4) is 0 Å². The van der Waals surface area contributed by atoms with Crippen molar-refractivity contribution in [2.75, 3.05) is 0 Å². The molecule has 0 amide bonds. The Kier molecular flexibility index (Phi) is 3.32. The van der Waals surface area contributed by atoms with Gasteiger partial charge in [0.25, 0.3) is 0 Å². The van der Waals surface area contributed by atoms with Crippen molar-refractivity contribution in [3.8, 4) is 0 Å². The van der Waals surface area contributed by atoms with Crippen molar-refractivity contribution in [1.29, 1.82) is 0 Å². The van der Waals surface area contributed by atoms with E-state index >= 15 is 0 Å². The third-order valence-electron chi connectivity index (χ3n) is 8.13. The molecule has 0 heterocycles. The molecule has 4 aliphatic rings. The first-order valence-corrected chi connectivity index (χ1v) is 9.23. The Morgan fingerprint density at radius 3 is 2.61 bits per heavy atom. The van der Waals surface area contributed by atoms with Crippen LogP contribution >= 0.6 is 0 Å². The predicted molar refractivity (Wildman–Crippen MR) is 89.7 cm³/mol. The minimum atomic E-state index is -0.323. The summed E-state index contributed by atoms with van der Waals surface area (Å²) in [5, 5.41) is 31.5. The molecule has 3 nitrogen and oxygen atoms in total. The first-order valence-electron chi connectivity index (χ1n) is 9.23. The van der Waals surface area contributed by atoms with Crippen LogP contribution in [0, 0.1) is 40.4 Å². The van der Waals surface area contributed by atoms with E-state index in [-0.39, 0.29) is 34.9 Å². The maximum absolute atomic E-state index is 11.0. The summed E-state index contributed by atoms with van der Waals surface area (Å²) >= 11 is 0. The largest absolute Gasteiger partial charge is 0.508 e. The molecule has 0 saturated heterocycles. The highest BCUT2D eigenvalue weighted by Crippen LogP contribution is 2.65. The molecule has 0 spiro atoms. The molecule has 4 rings (SSSR count). The Balaban J connectivity index is 1.73. The average Bonchev–Trinajstić information content (AvgIpc) is 2.73. The van der Waals surface area contributed by atoms with Gasteiger partial charge in [0.1, 0.15) is 5.76 Å². The van der Waals surface area contributed by atoms with E-state index in [1.165, 1.54) is 0 Å². The van der Waals surface area contributed by atoms with Crippen molar-refractivity contribution in [1.82, 2.24) is 0 Å². The molecule has 9 atom stereocenters. The molecule has 0 bridgehead atoms. The lowest BCUT2D eigenvalue weighted by Crippen LogP contribution is -2.57. The van der Waals surface area contributed by atoms with Gasteiger partial charge in [-0.2, -0.15) is 0 Å². The highest BCUT2D eigenvalue weighted by molar-refractivity contribution is 5.28. The molecule has 128 valence electrons. The molecule has 0 aromatic rings. The van der Waals surface area contributed by atoms with Gasteiger partial charge in [-0.15, -0.1) is 0 Å². The molecule has 3 fully saturated rings. The minimum absolute atomic E-state index is 0.0221. The first-order chi connectivity index (χ1) is 10.8. The molecule has 4 unspecified atom stereocenters. The molecule has 3 saturated carbocycles. The van der Waals surface area contributed by atoms with Gasteiger partial charge >= 0.3 is 0 Å². The van der Waals surface area contributed by atoms with Crippen LogP contribution in [0.15, 0.2) is 24.0 Å². The molecule has 23 heavy (non-hydrogen) atoms. The highest BCUT2D eigenvalue weighted by atomic mass is 16.3. The molecule has 0 aromatic carbocycles. The van der Waals surface area contributed by atoms with Crippen LogP contribution < -0.4 is 0 Å². The summed E-state index contributed by atoms with van der Waals surface area (Å²) in [4.78, 5) is 0. The fourth-order valence-corrected chi connectivity index (χ4v) is 6.77. The summed E-state index contributed by atoms with van der Waals surface area (Å²) in [6, 6.07) is 0. The van der Waals surface area contributed by atoms with Crippen molar-refractivity contribution >= 4 is 0 Å². The van der Waals surface area contributed by atoms with Gasteiger partial charge in [0.2, 0.25) is 0 Å². The highest BCUT2D eigenvalue weighted by Gasteiger charge is 2.62. The lowest BCUT2D eigenvalue weighted by Gasteiger charge is -2.59. The van der Waals surface area contributed by atoms with Gasteiger partial charge in [-0.25, -0.2) is 0 Å². The van der Waals surface area contributed by atoms with Crippen LogP contribution in [0.1, 0.15) is 46.5 Å². The van der Waals surface area contributed by atoms with E-state index in [0.29, 0.717) is 23.5 Å². The Hall–Kier alpha value is -0.800. The van der Waals surface area contributed by atoms with Crippen molar-refractivity contribution in [2.24, 2.45) is 40.4 Å². The van der Waals surface area contributed by atoms with Crippen LogP contribution in [-0.4, -0.2) is 27.5 Å². The van der Waals surface area contributed by atoms with Crippen molar-refractivity contribution in [2.45, 2.75) is 58.7 Å². The van der Waals surface area contributed by atoms with Gasteiger partial charge in [0, 0.05) is 0 Å². The molecule has 0 aliphatic heterocycles. The molecular weight excluding hydrogens is 288 g/mol. The lowest BCUT2D eigenvalue weighted by atomic mass is 9.46. The summed E-state index contributed by atoms with van der Waals surface area (Å²) in [7, 11) is 0. The zero-order valence-corrected chi connectivity index (χ0v) is 14.4. The van der Waals surface area contributed by atoms with Gasteiger partial charge < -0.3 is 15.3 Å². The first kappa shape index (κ1) is 15.7. The topological polar surface area (TPSA) is 60.7 Å². The second-order valence-corrected chi connectivity index (χ2v) is 9.19. The third kappa shape index (κ3) is 1.96. The molecule has 3 heteroatoms. The van der Waals surface area contributed by atoms with Crippen molar-refractivity contribution < 1.29 is 15.3 Å². The minimum Gasteiger partial charge on any atom is -0.508 e. The summed E-state index contributed by atoms with van der Waals surface area (Å²) in [5.41, 5.74) is -0.0185. The Morgan fingerprint density at radius 2 is 1.87 bits per heavy atom. The number of allylic oxidation sites excluding steroid dienone is 3. The number of fused-ring (bicyclic) bond motifs is 5. The average molecular weight is 318 g/mol. The fraction of sp³-hybridized carbons (Fsp3) is 0.800. The molecule has 0 radical (unpaired) electrons. The smallest absolute Gasteiger partial charge is 0.111 e. The number of rotatable bonds is 0. The Bertz CT molecular complexity index is 567. The van der Waals surface area contributed by atoms with Crippen molar-refractivity contribution in [3.63, 3.8) is 0 Å². The summed E-state index contributed by atoms with van der Waals surface area (Å²) in [6.07, 6.45) is 9.27. The summed E-state index contributed by atoms with van der Waals surface area (Å²) in [5.74, 6) is 2.00. The number of hydrogen-bond donors (Lipinski definition) is 3.